The number of amides is 1. The van der Waals surface area contributed by atoms with Crippen molar-refractivity contribution in [2.24, 2.45) is 5.41 Å². The lowest BCUT2D eigenvalue weighted by molar-refractivity contribution is 0.0938. The predicted octanol–water partition coefficient (Wildman–Crippen LogP) is 2.71. The zero-order chi connectivity index (χ0) is 14.0. The summed E-state index contributed by atoms with van der Waals surface area (Å²) in [6.45, 7) is 1.52. The second-order valence-corrected chi connectivity index (χ2v) is 5.71. The Kier molecular flexibility index (Phi) is 3.49. The van der Waals surface area contributed by atoms with E-state index in [-0.39, 0.29) is 11.3 Å². The molecular weight excluding hydrogens is 252 g/mol. The molecule has 0 saturated heterocycles. The number of rotatable bonds is 6. The summed E-state index contributed by atoms with van der Waals surface area (Å²) in [5.74, 6) is 0.0109. The Morgan fingerprint density at radius 2 is 2.25 bits per heavy atom. The second-order valence-electron chi connectivity index (χ2n) is 5.71. The van der Waals surface area contributed by atoms with Gasteiger partial charge in [-0.1, -0.05) is 0 Å². The number of hydrogen-bond acceptors (Lipinski definition) is 2. The molecule has 0 radical (unpaired) electrons. The standard InChI is InChI=1S/C16H20N2O2/c1-20-9-7-16(5-6-16)11-18-15(19)13-2-3-14-12(10-13)4-8-17-14/h2-4,8,10,17H,5-7,9,11H2,1H3,(H,18,19). The van der Waals surface area contributed by atoms with E-state index in [4.69, 9.17) is 4.74 Å². The van der Waals surface area contributed by atoms with E-state index in [0.29, 0.717) is 0 Å². The van der Waals surface area contributed by atoms with Crippen LogP contribution in [0.25, 0.3) is 10.9 Å². The molecule has 1 heterocycles. The molecule has 1 aliphatic carbocycles. The monoisotopic (exact) mass is 272 g/mol. The van der Waals surface area contributed by atoms with Gasteiger partial charge < -0.3 is 15.0 Å². The molecule has 2 N–H and O–H groups in total. The third-order valence-corrected chi connectivity index (χ3v) is 4.23. The van der Waals surface area contributed by atoms with Crippen molar-refractivity contribution >= 4 is 16.8 Å². The number of fused-ring (bicyclic) bond motifs is 1. The third-order valence-electron chi connectivity index (χ3n) is 4.23. The van der Waals surface area contributed by atoms with Crippen molar-refractivity contribution in [3.05, 3.63) is 36.0 Å². The molecule has 0 unspecified atom stereocenters. The molecule has 0 spiro atoms. The molecule has 0 atom stereocenters. The summed E-state index contributed by atoms with van der Waals surface area (Å²) in [7, 11) is 1.72. The molecule has 1 aromatic heterocycles. The molecule has 4 heteroatoms. The lowest BCUT2D eigenvalue weighted by atomic mass is 10.0. The van der Waals surface area contributed by atoms with Crippen molar-refractivity contribution in [1.82, 2.24) is 10.3 Å². The Morgan fingerprint density at radius 1 is 1.40 bits per heavy atom. The number of methoxy groups -OCH3 is 1. The quantitative estimate of drug-likeness (QED) is 0.849. The molecule has 1 saturated carbocycles. The molecule has 1 amide bonds. The van der Waals surface area contributed by atoms with Gasteiger partial charge in [0.05, 0.1) is 0 Å². The van der Waals surface area contributed by atoms with Crippen molar-refractivity contribution in [3.63, 3.8) is 0 Å². The number of carbonyl (C=O) groups excluding carboxylic acids is 1. The molecule has 1 fully saturated rings. The lowest BCUT2D eigenvalue weighted by Gasteiger charge is -2.15. The second kappa shape index (κ2) is 5.29. The van der Waals surface area contributed by atoms with E-state index < -0.39 is 0 Å². The highest BCUT2D eigenvalue weighted by Crippen LogP contribution is 2.48. The van der Waals surface area contributed by atoms with Crippen LogP contribution in [-0.2, 0) is 4.74 Å². The van der Waals surface area contributed by atoms with Crippen LogP contribution in [0.1, 0.15) is 29.6 Å². The first-order valence-electron chi connectivity index (χ1n) is 7.07. The first-order valence-corrected chi connectivity index (χ1v) is 7.07. The molecule has 0 bridgehead atoms. The maximum absolute atomic E-state index is 12.2. The first kappa shape index (κ1) is 13.2. The van der Waals surface area contributed by atoms with Gasteiger partial charge in [-0.05, 0) is 48.9 Å². The van der Waals surface area contributed by atoms with E-state index in [1.807, 2.05) is 30.5 Å². The summed E-state index contributed by atoms with van der Waals surface area (Å²) >= 11 is 0. The molecule has 106 valence electrons. The van der Waals surface area contributed by atoms with Crippen molar-refractivity contribution < 1.29 is 9.53 Å². The predicted molar refractivity (Wildman–Crippen MR) is 78.8 cm³/mol. The first-order chi connectivity index (χ1) is 9.72. The van der Waals surface area contributed by atoms with E-state index in [2.05, 4.69) is 10.3 Å². The normalized spacial score (nSPS) is 16.2. The van der Waals surface area contributed by atoms with Crippen molar-refractivity contribution in [2.45, 2.75) is 19.3 Å². The van der Waals surface area contributed by atoms with Gasteiger partial charge in [0.25, 0.3) is 5.91 Å². The third kappa shape index (κ3) is 2.70. The number of H-pyrrole nitrogens is 1. The SMILES string of the molecule is COCCC1(CNC(=O)c2ccc3[nH]ccc3c2)CC1. The fourth-order valence-corrected chi connectivity index (χ4v) is 2.57. The van der Waals surface area contributed by atoms with Gasteiger partial charge >= 0.3 is 0 Å². The fraction of sp³-hybridized carbons (Fsp3) is 0.438. The summed E-state index contributed by atoms with van der Waals surface area (Å²) < 4.78 is 5.13. The van der Waals surface area contributed by atoms with E-state index >= 15 is 0 Å². The Balaban J connectivity index is 1.61. The molecule has 20 heavy (non-hydrogen) atoms. The summed E-state index contributed by atoms with van der Waals surface area (Å²) in [4.78, 5) is 15.3. The van der Waals surface area contributed by atoms with Crippen LogP contribution in [0, 0.1) is 5.41 Å². The molecule has 3 rings (SSSR count). The van der Waals surface area contributed by atoms with E-state index in [9.17, 15) is 4.79 Å². The van der Waals surface area contributed by atoms with Gasteiger partial charge in [-0.15, -0.1) is 0 Å². The molecule has 2 aromatic rings. The number of carbonyl (C=O) groups is 1. The summed E-state index contributed by atoms with van der Waals surface area (Å²) in [5, 5.41) is 4.13. The number of aromatic nitrogens is 1. The van der Waals surface area contributed by atoms with Crippen LogP contribution in [0.4, 0.5) is 0 Å². The van der Waals surface area contributed by atoms with Gasteiger partial charge in [0.1, 0.15) is 0 Å². The highest BCUT2D eigenvalue weighted by Gasteiger charge is 2.42. The van der Waals surface area contributed by atoms with Gasteiger partial charge in [0.2, 0.25) is 0 Å². The highest BCUT2D eigenvalue weighted by molar-refractivity contribution is 5.98. The van der Waals surface area contributed by atoms with Gasteiger partial charge in [0.15, 0.2) is 0 Å². The van der Waals surface area contributed by atoms with Gasteiger partial charge in [-0.2, -0.15) is 0 Å². The summed E-state index contributed by atoms with van der Waals surface area (Å²) in [5.41, 5.74) is 2.06. The van der Waals surface area contributed by atoms with Crippen LogP contribution in [0.5, 0.6) is 0 Å². The van der Waals surface area contributed by atoms with Crippen LogP contribution in [-0.4, -0.2) is 31.2 Å². The largest absolute Gasteiger partial charge is 0.385 e. The smallest absolute Gasteiger partial charge is 0.251 e. The van der Waals surface area contributed by atoms with E-state index in [1.165, 1.54) is 12.8 Å². The van der Waals surface area contributed by atoms with Crippen LogP contribution in [0.2, 0.25) is 0 Å². The molecule has 0 aliphatic heterocycles. The fourth-order valence-electron chi connectivity index (χ4n) is 2.57. The summed E-state index contributed by atoms with van der Waals surface area (Å²) in [6.07, 6.45) is 5.29. The van der Waals surface area contributed by atoms with Crippen molar-refractivity contribution in [2.75, 3.05) is 20.3 Å². The zero-order valence-corrected chi connectivity index (χ0v) is 11.7. The number of benzene rings is 1. The Hall–Kier alpha value is -1.81. The van der Waals surface area contributed by atoms with Crippen LogP contribution < -0.4 is 5.32 Å². The number of nitrogens with one attached hydrogen (secondary N) is 2. The maximum Gasteiger partial charge on any atom is 0.251 e. The average molecular weight is 272 g/mol. The molecule has 1 aromatic carbocycles. The number of hydrogen-bond donors (Lipinski definition) is 2. The maximum atomic E-state index is 12.2. The number of aromatic amines is 1. The number of ether oxygens (including phenoxy) is 1. The molecular formula is C16H20N2O2. The zero-order valence-electron chi connectivity index (χ0n) is 11.7. The minimum absolute atomic E-state index is 0.0109. The summed E-state index contributed by atoms with van der Waals surface area (Å²) in [6, 6.07) is 7.72. The van der Waals surface area contributed by atoms with Gasteiger partial charge in [-0.25, -0.2) is 0 Å². The topological polar surface area (TPSA) is 54.1 Å². The minimum atomic E-state index is 0.0109. The average Bonchev–Trinajstić information content (AvgIpc) is 3.09. The Morgan fingerprint density at radius 3 is 3.00 bits per heavy atom. The Bertz CT molecular complexity index is 614. The lowest BCUT2D eigenvalue weighted by Crippen LogP contribution is -2.30. The minimum Gasteiger partial charge on any atom is -0.385 e. The highest BCUT2D eigenvalue weighted by atomic mass is 16.5. The van der Waals surface area contributed by atoms with E-state index in [1.54, 1.807) is 7.11 Å². The van der Waals surface area contributed by atoms with Crippen molar-refractivity contribution in [1.29, 1.82) is 0 Å². The van der Waals surface area contributed by atoms with Crippen LogP contribution in [0.15, 0.2) is 30.5 Å². The molecule has 1 aliphatic rings. The van der Waals surface area contributed by atoms with E-state index in [0.717, 1.165) is 36.0 Å². The van der Waals surface area contributed by atoms with Gasteiger partial charge in [0, 0.05) is 42.9 Å². The Labute approximate surface area is 118 Å². The van der Waals surface area contributed by atoms with Crippen LogP contribution in [0.3, 0.4) is 0 Å². The molecule has 4 nitrogen and oxygen atoms in total. The van der Waals surface area contributed by atoms with Crippen LogP contribution >= 0.6 is 0 Å². The van der Waals surface area contributed by atoms with Crippen molar-refractivity contribution in [3.8, 4) is 0 Å². The van der Waals surface area contributed by atoms with Gasteiger partial charge in [-0.3, -0.25) is 4.79 Å².